The van der Waals surface area contributed by atoms with Gasteiger partial charge in [-0.2, -0.15) is 5.26 Å². The number of carbonyl (C=O) groups excluding carboxylic acids is 1. The number of pyridine rings is 1. The fourth-order valence-electron chi connectivity index (χ4n) is 4.94. The first-order valence-corrected chi connectivity index (χ1v) is 14.2. The number of rotatable bonds is 9. The molecule has 2 saturated heterocycles. The number of piperazine rings is 1. The van der Waals surface area contributed by atoms with E-state index >= 15 is 0 Å². The molecule has 0 unspecified atom stereocenters. The number of hydrogen-bond donors (Lipinski definition) is 1. The zero-order valence-electron chi connectivity index (χ0n) is 22.1. The van der Waals surface area contributed by atoms with Crippen molar-refractivity contribution < 1.29 is 14.7 Å². The van der Waals surface area contributed by atoms with E-state index in [1.165, 1.54) is 4.90 Å². The second kappa shape index (κ2) is 12.5. The maximum atomic E-state index is 13.4. The van der Waals surface area contributed by atoms with Gasteiger partial charge in [-0.25, -0.2) is 0 Å². The Morgan fingerprint density at radius 2 is 1.79 bits per heavy atom. The largest absolute Gasteiger partial charge is 0.481 e. The lowest BCUT2D eigenvalue weighted by atomic mass is 10.0. The van der Waals surface area contributed by atoms with E-state index in [0.717, 1.165) is 30.5 Å². The number of thiocarbonyl (C=S) groups is 1. The van der Waals surface area contributed by atoms with Crippen LogP contribution in [0, 0.1) is 18.3 Å². The van der Waals surface area contributed by atoms with Crippen molar-refractivity contribution >= 4 is 57.8 Å². The Morgan fingerprint density at radius 3 is 2.41 bits per heavy atom. The van der Waals surface area contributed by atoms with Crippen molar-refractivity contribution in [2.75, 3.05) is 42.5 Å². The number of carbonyl (C=O) groups is 2. The van der Waals surface area contributed by atoms with Crippen LogP contribution < -0.4 is 15.4 Å². The highest BCUT2D eigenvalue weighted by Crippen LogP contribution is 2.36. The predicted octanol–water partition coefficient (Wildman–Crippen LogP) is 3.83. The van der Waals surface area contributed by atoms with Gasteiger partial charge in [0.1, 0.15) is 21.8 Å². The van der Waals surface area contributed by atoms with Crippen LogP contribution in [-0.4, -0.2) is 63.5 Å². The quantitative estimate of drug-likeness (QED) is 0.358. The van der Waals surface area contributed by atoms with Crippen molar-refractivity contribution in [1.29, 1.82) is 5.26 Å². The van der Waals surface area contributed by atoms with Crippen LogP contribution >= 0.6 is 24.0 Å². The summed E-state index contributed by atoms with van der Waals surface area (Å²) in [5, 5.41) is 18.8. The number of aromatic nitrogens is 1. The molecular weight excluding hydrogens is 534 g/mol. The molecule has 0 spiro atoms. The minimum absolute atomic E-state index is 0.0537. The zero-order chi connectivity index (χ0) is 28.1. The number of anilines is 2. The molecule has 39 heavy (non-hydrogen) atoms. The summed E-state index contributed by atoms with van der Waals surface area (Å²) in [6.07, 6.45) is 2.69. The summed E-state index contributed by atoms with van der Waals surface area (Å²) < 4.78 is 2.04. The molecule has 0 radical (unpaired) electrons. The number of nitrogens with zero attached hydrogens (tertiary/aromatic N) is 5. The molecule has 1 aromatic carbocycles. The number of hydrogen-bond acceptors (Lipinski definition) is 8. The first-order valence-electron chi connectivity index (χ1n) is 13.0. The van der Waals surface area contributed by atoms with Gasteiger partial charge in [0, 0.05) is 56.9 Å². The van der Waals surface area contributed by atoms with Crippen molar-refractivity contribution in [3.63, 3.8) is 0 Å². The van der Waals surface area contributed by atoms with E-state index in [1.807, 2.05) is 25.1 Å². The third-order valence-electron chi connectivity index (χ3n) is 6.92. The Labute approximate surface area is 237 Å². The van der Waals surface area contributed by atoms with E-state index in [2.05, 4.69) is 28.0 Å². The molecule has 9 nitrogen and oxygen atoms in total. The fraction of sp³-hybridized carbons (Fsp3) is 0.393. The Balaban J connectivity index is 1.73. The zero-order valence-corrected chi connectivity index (χ0v) is 23.7. The minimum atomic E-state index is -0.925. The average Bonchev–Trinajstić information content (AvgIpc) is 3.19. The summed E-state index contributed by atoms with van der Waals surface area (Å²) in [5.41, 5.74) is 2.09. The molecule has 1 N–H and O–H groups in total. The molecule has 4 rings (SSSR count). The van der Waals surface area contributed by atoms with Crippen molar-refractivity contribution in [3.05, 3.63) is 62.3 Å². The number of carboxylic acid groups (broad SMARTS) is 1. The number of benzene rings is 1. The van der Waals surface area contributed by atoms with Gasteiger partial charge in [-0.1, -0.05) is 49.1 Å². The number of thioether (sulfide) groups is 1. The third-order valence-corrected chi connectivity index (χ3v) is 8.29. The molecule has 2 aliphatic rings. The molecule has 1 amide bonds. The predicted molar refractivity (Wildman–Crippen MR) is 158 cm³/mol. The SMILES string of the molecule is CCCn1c(N2CCN(c3ccccc3)CC2)c(C=C2SC(=S)N(CCCC(=O)O)C2=O)c(C)c(C#N)c1=O. The monoisotopic (exact) mass is 565 g/mol. The van der Waals surface area contributed by atoms with E-state index in [9.17, 15) is 19.6 Å². The topological polar surface area (TPSA) is 110 Å². The van der Waals surface area contributed by atoms with Gasteiger partial charge in [0.25, 0.3) is 11.5 Å². The van der Waals surface area contributed by atoms with Gasteiger partial charge < -0.3 is 14.9 Å². The van der Waals surface area contributed by atoms with Gasteiger partial charge in [0.05, 0.1) is 4.91 Å². The van der Waals surface area contributed by atoms with E-state index in [1.54, 1.807) is 17.6 Å². The normalized spacial score (nSPS) is 16.7. The summed E-state index contributed by atoms with van der Waals surface area (Å²) in [5.74, 6) is -0.505. The number of aliphatic carboxylic acids is 1. The smallest absolute Gasteiger partial charge is 0.303 e. The van der Waals surface area contributed by atoms with Crippen molar-refractivity contribution in [1.82, 2.24) is 9.47 Å². The molecule has 0 aliphatic carbocycles. The van der Waals surface area contributed by atoms with E-state index in [0.29, 0.717) is 58.6 Å². The Morgan fingerprint density at radius 1 is 1.13 bits per heavy atom. The third kappa shape index (κ3) is 6.02. The lowest BCUT2D eigenvalue weighted by Gasteiger charge is -2.39. The van der Waals surface area contributed by atoms with Crippen molar-refractivity contribution in [2.45, 2.75) is 39.7 Å². The van der Waals surface area contributed by atoms with Crippen LogP contribution in [0.25, 0.3) is 6.08 Å². The molecule has 11 heteroatoms. The summed E-state index contributed by atoms with van der Waals surface area (Å²) >= 11 is 6.59. The molecule has 2 aliphatic heterocycles. The molecule has 204 valence electrons. The van der Waals surface area contributed by atoms with Crippen molar-refractivity contribution in [2.24, 2.45) is 0 Å². The highest BCUT2D eigenvalue weighted by molar-refractivity contribution is 8.26. The molecular formula is C28H31N5O4S2. The van der Waals surface area contributed by atoms with Gasteiger partial charge in [-0.05, 0) is 43.5 Å². The van der Waals surface area contributed by atoms with Crippen LogP contribution in [0.3, 0.4) is 0 Å². The average molecular weight is 566 g/mol. The highest BCUT2D eigenvalue weighted by atomic mass is 32.2. The minimum Gasteiger partial charge on any atom is -0.481 e. The maximum Gasteiger partial charge on any atom is 0.303 e. The first kappa shape index (κ1) is 28.4. The fourth-order valence-corrected chi connectivity index (χ4v) is 6.23. The van der Waals surface area contributed by atoms with Gasteiger partial charge in [0.15, 0.2) is 0 Å². The number of amides is 1. The van der Waals surface area contributed by atoms with Gasteiger partial charge >= 0.3 is 5.97 Å². The van der Waals surface area contributed by atoms with Crippen LogP contribution in [0.1, 0.15) is 42.9 Å². The summed E-state index contributed by atoms with van der Waals surface area (Å²) in [4.78, 5) is 43.9. The molecule has 3 heterocycles. The second-order valence-corrected chi connectivity index (χ2v) is 11.1. The molecule has 1 aromatic heterocycles. The van der Waals surface area contributed by atoms with Crippen LogP contribution in [-0.2, 0) is 16.1 Å². The summed E-state index contributed by atoms with van der Waals surface area (Å²) in [7, 11) is 0. The highest BCUT2D eigenvalue weighted by Gasteiger charge is 2.33. The number of carboxylic acids is 1. The van der Waals surface area contributed by atoms with Gasteiger partial charge in [0.2, 0.25) is 0 Å². The summed E-state index contributed by atoms with van der Waals surface area (Å²) in [6, 6.07) is 12.3. The standard InChI is InChI=1S/C28H31N5O4S2/c1-3-11-32-25(31-15-13-30(14-16-31)20-8-5-4-6-9-20)21(19(2)22(18-29)26(32)36)17-23-27(37)33(28(38)39-23)12-7-10-24(34)35/h4-6,8-9,17H,3,7,10-16H2,1-2H3,(H,34,35). The lowest BCUT2D eigenvalue weighted by Crippen LogP contribution is -2.48. The number of nitriles is 1. The molecule has 2 fully saturated rings. The molecule has 0 bridgehead atoms. The Bertz CT molecular complexity index is 1410. The van der Waals surface area contributed by atoms with Crippen LogP contribution in [0.15, 0.2) is 40.0 Å². The first-order chi connectivity index (χ1) is 18.8. The van der Waals surface area contributed by atoms with Crippen LogP contribution in [0.4, 0.5) is 11.5 Å². The van der Waals surface area contributed by atoms with Crippen LogP contribution in [0.2, 0.25) is 0 Å². The van der Waals surface area contributed by atoms with E-state index in [-0.39, 0.29) is 30.0 Å². The molecule has 0 atom stereocenters. The van der Waals surface area contributed by atoms with E-state index < -0.39 is 5.97 Å². The lowest BCUT2D eigenvalue weighted by molar-refractivity contribution is -0.137. The van der Waals surface area contributed by atoms with Gasteiger partial charge in [-0.15, -0.1) is 0 Å². The maximum absolute atomic E-state index is 13.4. The Hall–Kier alpha value is -3.62. The number of para-hydroxylation sites is 1. The van der Waals surface area contributed by atoms with Crippen LogP contribution in [0.5, 0.6) is 0 Å². The second-order valence-electron chi connectivity index (χ2n) is 9.45. The van der Waals surface area contributed by atoms with E-state index in [4.69, 9.17) is 17.3 Å². The molecule has 2 aromatic rings. The summed E-state index contributed by atoms with van der Waals surface area (Å²) in [6.45, 7) is 7.25. The van der Waals surface area contributed by atoms with Crippen molar-refractivity contribution in [3.8, 4) is 6.07 Å². The Kier molecular flexibility index (Phi) is 9.09. The molecule has 0 saturated carbocycles. The van der Waals surface area contributed by atoms with Gasteiger partial charge in [-0.3, -0.25) is 23.9 Å².